The smallest absolute Gasteiger partial charge is 0.337 e. The zero-order valence-electron chi connectivity index (χ0n) is 20.8. The second-order valence-corrected chi connectivity index (χ2v) is 8.86. The van der Waals surface area contributed by atoms with Crippen molar-refractivity contribution in [1.29, 1.82) is 5.26 Å². The lowest BCUT2D eigenvalue weighted by atomic mass is 10.0. The molecule has 5 rings (SSSR count). The lowest BCUT2D eigenvalue weighted by Gasteiger charge is -2.37. The monoisotopic (exact) mass is 522 g/mol. The maximum absolute atomic E-state index is 14.6. The average molecular weight is 523 g/mol. The zero-order chi connectivity index (χ0) is 27.0. The lowest BCUT2D eigenvalue weighted by molar-refractivity contribution is 0.139. The number of hydrazone groups is 1. The van der Waals surface area contributed by atoms with Crippen LogP contribution >= 0.6 is 0 Å². The third kappa shape index (κ3) is 4.47. The van der Waals surface area contributed by atoms with Crippen molar-refractivity contribution in [3.63, 3.8) is 0 Å². The Kier molecular flexibility index (Phi) is 6.58. The Labute approximate surface area is 216 Å². The topological polar surface area (TPSA) is 129 Å². The van der Waals surface area contributed by atoms with E-state index in [9.17, 15) is 18.4 Å². The molecule has 2 aromatic heterocycles. The number of nitriles is 1. The summed E-state index contributed by atoms with van der Waals surface area (Å²) in [6.45, 7) is 5.17. The minimum atomic E-state index is -0.778. The van der Waals surface area contributed by atoms with Gasteiger partial charge in [0.25, 0.3) is 0 Å². The van der Waals surface area contributed by atoms with Gasteiger partial charge in [0.05, 0.1) is 23.9 Å². The van der Waals surface area contributed by atoms with Gasteiger partial charge in [0.15, 0.2) is 11.6 Å². The number of halogens is 2. The number of nitrogens with zero attached hydrogens (tertiary/aromatic N) is 10. The Bertz CT molecular complexity index is 1520. The molecule has 2 aliphatic rings. The highest BCUT2D eigenvalue weighted by molar-refractivity contribution is 5.78. The third-order valence-corrected chi connectivity index (χ3v) is 6.57. The van der Waals surface area contributed by atoms with E-state index in [0.717, 1.165) is 16.9 Å². The molecular formula is C24H24F2N10O2. The largest absolute Gasteiger partial charge is 0.352 e. The highest BCUT2D eigenvalue weighted by Crippen LogP contribution is 2.30. The summed E-state index contributed by atoms with van der Waals surface area (Å²) in [6, 6.07) is 5.06. The van der Waals surface area contributed by atoms with E-state index >= 15 is 0 Å². The van der Waals surface area contributed by atoms with Crippen molar-refractivity contribution < 1.29 is 13.6 Å². The fraction of sp³-hybridized carbons (Fsp3) is 0.375. The predicted octanol–water partition coefficient (Wildman–Crippen LogP) is 1.98. The second-order valence-electron chi connectivity index (χ2n) is 8.86. The number of carbonyl (C=O) groups is 1. The first-order chi connectivity index (χ1) is 18.3. The number of urea groups is 1. The second kappa shape index (κ2) is 10.0. The van der Waals surface area contributed by atoms with Crippen molar-refractivity contribution in [2.45, 2.75) is 32.9 Å². The molecule has 0 spiro atoms. The molecule has 0 aliphatic carbocycles. The summed E-state index contributed by atoms with van der Waals surface area (Å²) < 4.78 is 30.9. The summed E-state index contributed by atoms with van der Waals surface area (Å²) in [6.07, 6.45) is 2.99. The number of benzene rings is 1. The highest BCUT2D eigenvalue weighted by atomic mass is 19.1. The molecule has 4 heterocycles. The fourth-order valence-corrected chi connectivity index (χ4v) is 4.63. The minimum absolute atomic E-state index is 0.172. The molecule has 3 aromatic rings. The van der Waals surface area contributed by atoms with Gasteiger partial charge in [0, 0.05) is 45.4 Å². The Morgan fingerprint density at radius 1 is 1.18 bits per heavy atom. The first kappa shape index (κ1) is 25.0. The van der Waals surface area contributed by atoms with Crippen molar-refractivity contribution in [2.75, 3.05) is 31.1 Å². The molecule has 12 nitrogen and oxygen atoms in total. The van der Waals surface area contributed by atoms with Crippen LogP contribution in [0.5, 0.6) is 0 Å². The van der Waals surface area contributed by atoms with Gasteiger partial charge in [-0.25, -0.2) is 28.4 Å². The Morgan fingerprint density at radius 3 is 2.63 bits per heavy atom. The molecule has 196 valence electrons. The number of anilines is 1. The van der Waals surface area contributed by atoms with Crippen LogP contribution in [0.4, 0.5) is 19.5 Å². The van der Waals surface area contributed by atoms with Gasteiger partial charge in [-0.2, -0.15) is 20.0 Å². The van der Waals surface area contributed by atoms with E-state index in [1.807, 2.05) is 6.07 Å². The summed E-state index contributed by atoms with van der Waals surface area (Å²) in [4.78, 5) is 37.6. The number of hydrogen-bond acceptors (Lipinski definition) is 8. The molecular weight excluding hydrogens is 498 g/mol. The minimum Gasteiger partial charge on any atom is -0.337 e. The first-order valence-electron chi connectivity index (χ1n) is 12.1. The van der Waals surface area contributed by atoms with Gasteiger partial charge in [-0.1, -0.05) is 0 Å². The van der Waals surface area contributed by atoms with Gasteiger partial charge < -0.3 is 9.80 Å². The fourth-order valence-electron chi connectivity index (χ4n) is 4.63. The van der Waals surface area contributed by atoms with Crippen molar-refractivity contribution in [3.8, 4) is 11.9 Å². The van der Waals surface area contributed by atoms with Crippen LogP contribution in [-0.2, 0) is 6.54 Å². The molecule has 1 aromatic carbocycles. The lowest BCUT2D eigenvalue weighted by Crippen LogP contribution is -2.52. The van der Waals surface area contributed by atoms with E-state index in [-0.39, 0.29) is 23.4 Å². The molecule has 1 saturated heterocycles. The standard InChI is InChI=1S/C24H24F2N10O2/c1-3-34-15(2)31-36(24(34)38)21-19(26)14-28-22(30-21)32-6-8-33(9-7-32)23(37)35-20(4-5-29-35)17-10-16(13-27)11-18(25)12-17/h5,10-12,14,20H,3-4,6-9H2,1-2H3. The van der Waals surface area contributed by atoms with Gasteiger partial charge in [-0.15, -0.1) is 5.10 Å². The summed E-state index contributed by atoms with van der Waals surface area (Å²) in [7, 11) is 0. The Morgan fingerprint density at radius 2 is 1.95 bits per heavy atom. The molecule has 2 aliphatic heterocycles. The molecule has 2 amide bonds. The molecule has 0 saturated carbocycles. The number of rotatable bonds is 4. The van der Waals surface area contributed by atoms with E-state index in [4.69, 9.17) is 5.26 Å². The average Bonchev–Trinajstić information content (AvgIpc) is 3.52. The molecule has 1 fully saturated rings. The van der Waals surface area contributed by atoms with Crippen LogP contribution in [0.15, 0.2) is 34.3 Å². The van der Waals surface area contributed by atoms with Gasteiger partial charge in [-0.3, -0.25) is 4.57 Å². The van der Waals surface area contributed by atoms with Crippen LogP contribution in [-0.4, -0.2) is 72.6 Å². The van der Waals surface area contributed by atoms with Gasteiger partial charge in [0.2, 0.25) is 5.95 Å². The third-order valence-electron chi connectivity index (χ3n) is 6.57. The molecule has 0 radical (unpaired) electrons. The maximum Gasteiger partial charge on any atom is 0.352 e. The van der Waals surface area contributed by atoms with Crippen LogP contribution < -0.4 is 10.6 Å². The molecule has 14 heteroatoms. The van der Waals surface area contributed by atoms with Gasteiger partial charge in [-0.05, 0) is 37.6 Å². The van der Waals surface area contributed by atoms with Crippen molar-refractivity contribution in [1.82, 2.24) is 34.2 Å². The zero-order valence-corrected chi connectivity index (χ0v) is 20.8. The van der Waals surface area contributed by atoms with Crippen LogP contribution in [0.3, 0.4) is 0 Å². The highest BCUT2D eigenvalue weighted by Gasteiger charge is 2.34. The van der Waals surface area contributed by atoms with E-state index in [0.29, 0.717) is 50.5 Å². The Balaban J connectivity index is 1.30. The van der Waals surface area contributed by atoms with Crippen molar-refractivity contribution >= 4 is 18.2 Å². The van der Waals surface area contributed by atoms with Gasteiger partial charge >= 0.3 is 11.7 Å². The molecule has 0 bridgehead atoms. The number of piperazine rings is 1. The van der Waals surface area contributed by atoms with Crippen molar-refractivity contribution in [3.05, 3.63) is 63.5 Å². The van der Waals surface area contributed by atoms with E-state index in [1.165, 1.54) is 15.6 Å². The van der Waals surface area contributed by atoms with E-state index < -0.39 is 23.4 Å². The summed E-state index contributed by atoms with van der Waals surface area (Å²) in [5, 5.41) is 18.8. The van der Waals surface area contributed by atoms with E-state index in [2.05, 4.69) is 20.2 Å². The van der Waals surface area contributed by atoms with Crippen LogP contribution in [0, 0.1) is 29.9 Å². The molecule has 38 heavy (non-hydrogen) atoms. The number of carbonyl (C=O) groups excluding carboxylic acids is 1. The molecule has 1 atom stereocenters. The van der Waals surface area contributed by atoms with Gasteiger partial charge in [0.1, 0.15) is 11.6 Å². The normalized spacial score (nSPS) is 17.2. The van der Waals surface area contributed by atoms with Crippen molar-refractivity contribution in [2.24, 2.45) is 5.10 Å². The molecule has 1 unspecified atom stereocenters. The first-order valence-corrected chi connectivity index (χ1v) is 12.1. The number of hydrogen-bond donors (Lipinski definition) is 0. The summed E-state index contributed by atoms with van der Waals surface area (Å²) >= 11 is 0. The number of aromatic nitrogens is 5. The predicted molar refractivity (Wildman–Crippen MR) is 132 cm³/mol. The van der Waals surface area contributed by atoms with Crippen LogP contribution in [0.2, 0.25) is 0 Å². The molecule has 0 N–H and O–H groups in total. The van der Waals surface area contributed by atoms with Crippen LogP contribution in [0.25, 0.3) is 5.82 Å². The quantitative estimate of drug-likeness (QED) is 0.512. The summed E-state index contributed by atoms with van der Waals surface area (Å²) in [5.41, 5.74) is 0.171. The van der Waals surface area contributed by atoms with Crippen LogP contribution in [0.1, 0.15) is 36.3 Å². The number of aryl methyl sites for hydroxylation is 1. The SMILES string of the molecule is CCn1c(C)nn(-c2nc(N3CCN(C(=O)N4N=CCC4c4cc(F)cc(C#N)c4)CC3)ncc2F)c1=O. The summed E-state index contributed by atoms with van der Waals surface area (Å²) in [5.74, 6) is -0.918. The Hall–Kier alpha value is -4.67. The maximum atomic E-state index is 14.6. The van der Waals surface area contributed by atoms with E-state index in [1.54, 1.807) is 35.9 Å². The number of amides is 2.